The van der Waals surface area contributed by atoms with Gasteiger partial charge in [0.15, 0.2) is 0 Å². The zero-order valence-corrected chi connectivity index (χ0v) is 59.9. The van der Waals surface area contributed by atoms with Gasteiger partial charge in [-0.15, -0.1) is 0 Å². The van der Waals surface area contributed by atoms with Crippen LogP contribution in [0, 0.1) is 41.5 Å². The fourth-order valence-electron chi connectivity index (χ4n) is 9.65. The number of fused-ring (bicyclic) bond motifs is 2. The number of urea groups is 1. The lowest BCUT2D eigenvalue weighted by molar-refractivity contribution is 0.261. The summed E-state index contributed by atoms with van der Waals surface area (Å²) in [5.74, 6) is -2.54. The molecule has 8 aromatic carbocycles. The minimum absolute atomic E-state index is 0.00471. The van der Waals surface area contributed by atoms with Crippen molar-refractivity contribution in [2.24, 2.45) is 40.9 Å². The predicted octanol–water partition coefficient (Wildman–Crippen LogP) is 14.3. The number of carbonyl (C=O) groups excluding carboxylic acids is 1. The number of rotatable bonds is 32. The standard InChI is InChI=1S/C63H68N10O23S6/c1-37-25-53(39(3)23-51(37)68-66-45-13-11-43-29-47(101(87,88)89)33-59(49(43)31-45)93-15-7-19-97(75,76)77)70-72-55-35-61(95-17-9-21-99(81,82)83)57(27-41(55)5)64-63(74)65-58-28-42(6)56(36-62(58)96-18-10-22-100(84,85)86)73-71-54-26-38(2)52(24-40(54)4)69-67-46-14-12-44-30-48(102(90,91)92)34-60(50(44)32-46)94-16-8-20-98(78,79)80/h11-14,23-36H,7-10,15-22H2,1-6H3,(H2,64,65,74)(H,75,76,77)(H,78,79,80)(H,81,82,83)(H,84,85,86)(H,87,88,89)(H,90,91,92). The van der Waals surface area contributed by atoms with Gasteiger partial charge in [0.25, 0.3) is 60.7 Å². The van der Waals surface area contributed by atoms with Crippen LogP contribution in [0.1, 0.15) is 59.1 Å². The number of nitrogens with one attached hydrogen (secondary N) is 2. The van der Waals surface area contributed by atoms with Crippen LogP contribution >= 0.6 is 0 Å². The Bertz CT molecular complexity index is 5100. The van der Waals surface area contributed by atoms with E-state index in [1.165, 1.54) is 48.5 Å². The third-order valence-corrected chi connectivity index (χ3v) is 19.6. The zero-order valence-electron chi connectivity index (χ0n) is 55.0. The highest BCUT2D eigenvalue weighted by molar-refractivity contribution is 7.87. The number of amides is 2. The average molecular weight is 1530 g/mol. The largest absolute Gasteiger partial charge is 0.493 e. The number of anilines is 2. The van der Waals surface area contributed by atoms with Crippen molar-refractivity contribution in [1.82, 2.24) is 0 Å². The molecule has 8 N–H and O–H groups in total. The molecule has 8 rings (SSSR count). The molecule has 0 aromatic heterocycles. The minimum Gasteiger partial charge on any atom is -0.493 e. The van der Waals surface area contributed by atoms with Gasteiger partial charge >= 0.3 is 6.03 Å². The van der Waals surface area contributed by atoms with Crippen LogP contribution in [-0.2, 0) is 60.7 Å². The molecule has 0 spiro atoms. The third kappa shape index (κ3) is 23.3. The molecule has 0 fully saturated rings. The quantitative estimate of drug-likeness (QED) is 0.0110. The van der Waals surface area contributed by atoms with Gasteiger partial charge in [-0.1, -0.05) is 12.1 Å². The van der Waals surface area contributed by atoms with E-state index in [-0.39, 0.29) is 97.9 Å². The van der Waals surface area contributed by atoms with Crippen molar-refractivity contribution >= 4 is 145 Å². The molecular formula is C63H68N10O23S6. The molecule has 102 heavy (non-hydrogen) atoms. The van der Waals surface area contributed by atoms with Crippen LogP contribution < -0.4 is 29.6 Å². The van der Waals surface area contributed by atoms with Crippen molar-refractivity contribution in [1.29, 1.82) is 0 Å². The van der Waals surface area contributed by atoms with Gasteiger partial charge in [-0.05, 0) is 184 Å². The fourth-order valence-corrected chi connectivity index (χ4v) is 12.6. The first-order chi connectivity index (χ1) is 47.6. The number of ether oxygens (including phenoxy) is 4. The molecule has 0 bridgehead atoms. The molecule has 0 aliphatic carbocycles. The van der Waals surface area contributed by atoms with E-state index >= 15 is 0 Å². The van der Waals surface area contributed by atoms with E-state index < -0.39 is 99.5 Å². The van der Waals surface area contributed by atoms with E-state index in [1.807, 2.05) is 0 Å². The Morgan fingerprint density at radius 2 is 0.598 bits per heavy atom. The molecule has 0 aliphatic rings. The average Bonchev–Trinajstić information content (AvgIpc) is 0.794. The van der Waals surface area contributed by atoms with E-state index in [2.05, 4.69) is 51.5 Å². The molecule has 0 radical (unpaired) electrons. The minimum atomic E-state index is -4.68. The van der Waals surface area contributed by atoms with Crippen LogP contribution in [0.25, 0.3) is 21.5 Å². The van der Waals surface area contributed by atoms with Crippen molar-refractivity contribution in [2.75, 3.05) is 60.1 Å². The smallest absolute Gasteiger partial charge is 0.323 e. The normalized spacial score (nSPS) is 12.7. The summed E-state index contributed by atoms with van der Waals surface area (Å²) in [5.41, 5.74) is 6.28. The van der Waals surface area contributed by atoms with E-state index in [0.29, 0.717) is 89.0 Å². The molecule has 544 valence electrons. The van der Waals surface area contributed by atoms with Crippen LogP contribution in [-0.4, -0.2) is 133 Å². The highest BCUT2D eigenvalue weighted by Crippen LogP contribution is 2.41. The number of azo groups is 4. The third-order valence-electron chi connectivity index (χ3n) is 14.8. The maximum Gasteiger partial charge on any atom is 0.323 e. The predicted molar refractivity (Wildman–Crippen MR) is 377 cm³/mol. The summed E-state index contributed by atoms with van der Waals surface area (Å²) in [6.45, 7) is 9.34. The number of hydrogen-bond acceptors (Lipinski definition) is 25. The fraction of sp³-hybridized carbons (Fsp3) is 0.286. The van der Waals surface area contributed by atoms with E-state index in [9.17, 15) is 73.5 Å². The molecule has 39 heteroatoms. The number of benzene rings is 8. The Morgan fingerprint density at radius 1 is 0.333 bits per heavy atom. The SMILES string of the molecule is Cc1cc(N=Nc2cc(OCCCS(=O)(=O)O)c(NC(=O)Nc3cc(C)c(N=Nc4cc(C)c(N=Nc5ccc6cc(S(=O)(=O)O)cc(OCCCS(=O)(=O)O)c6c5)cc4C)cc3OCCCS(=O)(=O)O)cc2C)c(C)cc1N=Nc1ccc2cc(S(=O)(=O)O)cc(OCCCS(=O)(=O)O)c2c1. The molecule has 0 saturated heterocycles. The molecule has 0 saturated carbocycles. The molecule has 33 nitrogen and oxygen atoms in total. The number of hydrogen-bond donors (Lipinski definition) is 8. The van der Waals surface area contributed by atoms with Gasteiger partial charge in [0, 0.05) is 35.0 Å². The Hall–Kier alpha value is -9.39. The first kappa shape index (κ1) is 78.3. The lowest BCUT2D eigenvalue weighted by Gasteiger charge is -2.17. The van der Waals surface area contributed by atoms with Crippen molar-refractivity contribution in [3.63, 3.8) is 0 Å². The van der Waals surface area contributed by atoms with Gasteiger partial charge in [0.05, 0.1) is 116 Å². The Labute approximate surface area is 586 Å². The van der Waals surface area contributed by atoms with E-state index in [4.69, 9.17) is 28.1 Å². The first-order valence-electron chi connectivity index (χ1n) is 30.3. The van der Waals surface area contributed by atoms with Gasteiger partial charge in [0.1, 0.15) is 23.0 Å². The summed E-state index contributed by atoms with van der Waals surface area (Å²) in [6.07, 6.45) is -0.591. The van der Waals surface area contributed by atoms with Crippen molar-refractivity contribution < 1.29 is 102 Å². The summed E-state index contributed by atoms with van der Waals surface area (Å²) in [7, 11) is -26.7. The maximum atomic E-state index is 14.0. The highest BCUT2D eigenvalue weighted by Gasteiger charge is 2.21. The molecule has 0 atom stereocenters. The maximum absolute atomic E-state index is 14.0. The molecule has 0 heterocycles. The lowest BCUT2D eigenvalue weighted by Crippen LogP contribution is -2.21. The monoisotopic (exact) mass is 1520 g/mol. The summed E-state index contributed by atoms with van der Waals surface area (Å²) >= 11 is 0. The van der Waals surface area contributed by atoms with E-state index in [0.717, 1.165) is 12.1 Å². The van der Waals surface area contributed by atoms with Gasteiger partial charge in [-0.2, -0.15) is 91.4 Å². The Kier molecular flexibility index (Phi) is 25.1. The molecule has 0 aliphatic heterocycles. The summed E-state index contributed by atoms with van der Waals surface area (Å²) in [5, 5.41) is 42.3. The summed E-state index contributed by atoms with van der Waals surface area (Å²) in [6, 6.07) is 25.7. The van der Waals surface area contributed by atoms with E-state index in [1.54, 1.807) is 90.1 Å². The Balaban J connectivity index is 1.01. The number of nitrogens with zero attached hydrogens (tertiary/aromatic N) is 8. The topological polar surface area (TPSA) is 503 Å². The van der Waals surface area contributed by atoms with Crippen LogP contribution in [0.4, 0.5) is 61.7 Å². The van der Waals surface area contributed by atoms with Crippen molar-refractivity contribution in [3.8, 4) is 23.0 Å². The second-order valence-corrected chi connectivity index (χ2v) is 32.2. The second-order valence-electron chi connectivity index (χ2n) is 23.1. The Morgan fingerprint density at radius 3 is 0.882 bits per heavy atom. The van der Waals surface area contributed by atoms with Crippen LogP contribution in [0.5, 0.6) is 23.0 Å². The first-order valence-corrected chi connectivity index (χ1v) is 39.6. The van der Waals surface area contributed by atoms with Crippen LogP contribution in [0.3, 0.4) is 0 Å². The second kappa shape index (κ2) is 32.7. The molecule has 2 amide bonds. The van der Waals surface area contributed by atoms with Gasteiger partial charge in [0.2, 0.25) is 0 Å². The van der Waals surface area contributed by atoms with Gasteiger partial charge < -0.3 is 29.6 Å². The summed E-state index contributed by atoms with van der Waals surface area (Å²) < 4.78 is 220. The number of carbonyl (C=O) groups is 1. The molecule has 0 unspecified atom stereocenters. The van der Waals surface area contributed by atoms with Gasteiger partial charge in [-0.25, -0.2) is 4.79 Å². The lowest BCUT2D eigenvalue weighted by atomic mass is 10.1. The van der Waals surface area contributed by atoms with Crippen LogP contribution in [0.2, 0.25) is 0 Å². The van der Waals surface area contributed by atoms with Crippen molar-refractivity contribution in [2.45, 2.75) is 77.0 Å². The number of aryl methyl sites for hydroxylation is 6. The zero-order chi connectivity index (χ0) is 74.7. The highest BCUT2D eigenvalue weighted by atomic mass is 32.2. The van der Waals surface area contributed by atoms with Gasteiger partial charge in [-0.3, -0.25) is 27.3 Å². The summed E-state index contributed by atoms with van der Waals surface area (Å²) in [4.78, 5) is 13.1. The van der Waals surface area contributed by atoms with Crippen LogP contribution in [0.15, 0.2) is 160 Å². The van der Waals surface area contributed by atoms with Crippen molar-refractivity contribution in [3.05, 3.63) is 143 Å². The molecule has 8 aromatic rings. The molecular weight excluding hydrogens is 1460 g/mol.